The van der Waals surface area contributed by atoms with Crippen molar-refractivity contribution in [3.8, 4) is 0 Å². The van der Waals surface area contributed by atoms with Gasteiger partial charge in [-0.25, -0.2) is 9.78 Å². The fourth-order valence-corrected chi connectivity index (χ4v) is 3.38. The average molecular weight is 375 g/mol. The fraction of sp³-hybridized carbons (Fsp3) is 0.421. The zero-order valence-corrected chi connectivity index (χ0v) is 16.6. The number of hydrogen-bond donors (Lipinski definition) is 1. The lowest BCUT2D eigenvalue weighted by Gasteiger charge is -2.12. The second-order valence-corrected chi connectivity index (χ2v) is 7.42. The van der Waals surface area contributed by atoms with E-state index in [0.29, 0.717) is 17.2 Å². The highest BCUT2D eigenvalue weighted by atomic mass is 32.2. The van der Waals surface area contributed by atoms with Gasteiger partial charge in [-0.15, -0.1) is 0 Å². The number of rotatable bonds is 7. The van der Waals surface area contributed by atoms with Crippen LogP contribution in [0.3, 0.4) is 0 Å². The van der Waals surface area contributed by atoms with Gasteiger partial charge < -0.3 is 14.6 Å². The SMILES string of the molecule is COC(=O)c1cccc(NC(=O)CSc2nc(C)c(C)n2CC(C)C)c1. The second kappa shape index (κ2) is 8.89. The maximum atomic E-state index is 12.3. The highest BCUT2D eigenvalue weighted by molar-refractivity contribution is 7.99. The van der Waals surface area contributed by atoms with Crippen LogP contribution < -0.4 is 5.32 Å². The summed E-state index contributed by atoms with van der Waals surface area (Å²) in [5.41, 5.74) is 3.08. The molecule has 0 fully saturated rings. The number of anilines is 1. The van der Waals surface area contributed by atoms with Gasteiger partial charge in [0.25, 0.3) is 0 Å². The number of benzene rings is 1. The van der Waals surface area contributed by atoms with Crippen LogP contribution in [0.15, 0.2) is 29.4 Å². The van der Waals surface area contributed by atoms with Crippen LogP contribution >= 0.6 is 11.8 Å². The van der Waals surface area contributed by atoms with Crippen molar-refractivity contribution in [3.63, 3.8) is 0 Å². The molecule has 0 spiro atoms. The third-order valence-corrected chi connectivity index (χ3v) is 4.85. The number of carbonyl (C=O) groups is 2. The van der Waals surface area contributed by atoms with E-state index in [1.54, 1.807) is 24.3 Å². The lowest BCUT2D eigenvalue weighted by atomic mass is 10.2. The summed E-state index contributed by atoms with van der Waals surface area (Å²) >= 11 is 1.41. The first-order chi connectivity index (χ1) is 12.3. The first-order valence-corrected chi connectivity index (χ1v) is 9.45. The molecule has 0 bridgehead atoms. The van der Waals surface area contributed by atoms with Crippen molar-refractivity contribution in [3.05, 3.63) is 41.2 Å². The highest BCUT2D eigenvalue weighted by Crippen LogP contribution is 2.23. The van der Waals surface area contributed by atoms with Crippen molar-refractivity contribution in [2.24, 2.45) is 5.92 Å². The molecule has 0 aliphatic heterocycles. The van der Waals surface area contributed by atoms with Crippen molar-refractivity contribution in [1.29, 1.82) is 0 Å². The summed E-state index contributed by atoms with van der Waals surface area (Å²) < 4.78 is 6.86. The molecule has 1 amide bonds. The Balaban J connectivity index is 2.01. The lowest BCUT2D eigenvalue weighted by molar-refractivity contribution is -0.113. The van der Waals surface area contributed by atoms with Crippen LogP contribution in [0.1, 0.15) is 35.6 Å². The Morgan fingerprint density at radius 2 is 2.04 bits per heavy atom. The van der Waals surface area contributed by atoms with E-state index in [-0.39, 0.29) is 11.7 Å². The topological polar surface area (TPSA) is 73.2 Å². The largest absolute Gasteiger partial charge is 0.465 e. The molecule has 2 rings (SSSR count). The first-order valence-electron chi connectivity index (χ1n) is 8.46. The summed E-state index contributed by atoms with van der Waals surface area (Å²) in [6.45, 7) is 9.22. The molecule has 6 nitrogen and oxygen atoms in total. The number of amides is 1. The number of imidazole rings is 1. The van der Waals surface area contributed by atoms with E-state index < -0.39 is 5.97 Å². The molecule has 7 heteroatoms. The maximum absolute atomic E-state index is 12.3. The Kier molecular flexibility index (Phi) is 6.85. The van der Waals surface area contributed by atoms with Gasteiger partial charge in [0, 0.05) is 17.9 Å². The minimum absolute atomic E-state index is 0.147. The van der Waals surface area contributed by atoms with E-state index in [1.807, 2.05) is 13.8 Å². The van der Waals surface area contributed by atoms with Crippen LogP contribution in [0.2, 0.25) is 0 Å². The smallest absolute Gasteiger partial charge is 0.337 e. The van der Waals surface area contributed by atoms with Crippen LogP contribution in [-0.4, -0.2) is 34.3 Å². The zero-order chi connectivity index (χ0) is 19.3. The van der Waals surface area contributed by atoms with Gasteiger partial charge in [0.1, 0.15) is 0 Å². The van der Waals surface area contributed by atoms with Crippen molar-refractivity contribution >= 4 is 29.3 Å². The third-order valence-electron chi connectivity index (χ3n) is 3.87. The Bertz CT molecular complexity index is 799. The molecule has 0 saturated carbocycles. The summed E-state index contributed by atoms with van der Waals surface area (Å²) in [5, 5.41) is 3.66. The molecule has 1 N–H and O–H groups in total. The molecule has 0 saturated heterocycles. The third kappa shape index (κ3) is 5.11. The van der Waals surface area contributed by atoms with E-state index in [4.69, 9.17) is 4.74 Å². The molecule has 1 aromatic heterocycles. The minimum Gasteiger partial charge on any atom is -0.465 e. The summed E-state index contributed by atoms with van der Waals surface area (Å²) in [4.78, 5) is 28.4. The molecule has 0 aliphatic rings. The van der Waals surface area contributed by atoms with E-state index >= 15 is 0 Å². The standard InChI is InChI=1S/C19H25N3O3S/c1-12(2)10-22-14(4)13(3)20-19(22)26-11-17(23)21-16-8-6-7-15(9-16)18(24)25-5/h6-9,12H,10-11H2,1-5H3,(H,21,23). The molecule has 2 aromatic rings. The fourth-order valence-electron chi connectivity index (χ4n) is 2.48. The molecule has 26 heavy (non-hydrogen) atoms. The molecule has 140 valence electrons. The quantitative estimate of drug-likeness (QED) is 0.590. The first kappa shape index (κ1) is 20.0. The van der Waals surface area contributed by atoms with Crippen molar-refractivity contribution in [2.75, 3.05) is 18.2 Å². The molecule has 0 aliphatic carbocycles. The average Bonchev–Trinajstić information content (AvgIpc) is 2.86. The second-order valence-electron chi connectivity index (χ2n) is 6.48. The Morgan fingerprint density at radius 1 is 1.31 bits per heavy atom. The number of aryl methyl sites for hydroxylation is 1. The van der Waals surface area contributed by atoms with Crippen LogP contribution in [0.25, 0.3) is 0 Å². The van der Waals surface area contributed by atoms with Crippen molar-refractivity contribution < 1.29 is 14.3 Å². The monoisotopic (exact) mass is 375 g/mol. The van der Waals surface area contributed by atoms with Crippen LogP contribution in [-0.2, 0) is 16.1 Å². The number of ether oxygens (including phenoxy) is 1. The Hall–Kier alpha value is -2.28. The number of esters is 1. The van der Waals surface area contributed by atoms with E-state index in [2.05, 4.69) is 28.7 Å². The molecule has 1 aromatic carbocycles. The van der Waals surface area contributed by atoms with E-state index in [9.17, 15) is 9.59 Å². The molecule has 0 unspecified atom stereocenters. The highest BCUT2D eigenvalue weighted by Gasteiger charge is 2.15. The number of methoxy groups -OCH3 is 1. The van der Waals surface area contributed by atoms with Crippen molar-refractivity contribution in [1.82, 2.24) is 9.55 Å². The van der Waals surface area contributed by atoms with Gasteiger partial charge in [-0.2, -0.15) is 0 Å². The molecule has 1 heterocycles. The van der Waals surface area contributed by atoms with Gasteiger partial charge in [0.15, 0.2) is 5.16 Å². The van der Waals surface area contributed by atoms with E-state index in [0.717, 1.165) is 23.1 Å². The molecular formula is C19H25N3O3S. The normalized spacial score (nSPS) is 10.8. The number of aromatic nitrogens is 2. The van der Waals surface area contributed by atoms with Crippen LogP contribution in [0, 0.1) is 19.8 Å². The van der Waals surface area contributed by atoms with Gasteiger partial charge in [-0.3, -0.25) is 4.79 Å². The number of carbonyl (C=O) groups excluding carboxylic acids is 2. The number of thioether (sulfide) groups is 1. The van der Waals surface area contributed by atoms with Gasteiger partial charge >= 0.3 is 5.97 Å². The van der Waals surface area contributed by atoms with E-state index in [1.165, 1.54) is 18.9 Å². The predicted octanol–water partition coefficient (Wildman–Crippen LogP) is 3.67. The van der Waals surface area contributed by atoms with Gasteiger partial charge in [0.05, 0.1) is 24.1 Å². The van der Waals surface area contributed by atoms with Crippen molar-refractivity contribution in [2.45, 2.75) is 39.4 Å². The maximum Gasteiger partial charge on any atom is 0.337 e. The number of hydrogen-bond acceptors (Lipinski definition) is 5. The Morgan fingerprint density at radius 3 is 2.69 bits per heavy atom. The van der Waals surface area contributed by atoms with Gasteiger partial charge in [-0.05, 0) is 38.0 Å². The summed E-state index contributed by atoms with van der Waals surface area (Å²) in [6.07, 6.45) is 0. The summed E-state index contributed by atoms with van der Waals surface area (Å²) in [7, 11) is 1.33. The Labute approximate surface area is 158 Å². The molecule has 0 atom stereocenters. The predicted molar refractivity (Wildman–Crippen MR) is 104 cm³/mol. The molecule has 0 radical (unpaired) electrons. The molecular weight excluding hydrogens is 350 g/mol. The van der Waals surface area contributed by atoms with Crippen LogP contribution in [0.5, 0.6) is 0 Å². The number of nitrogens with one attached hydrogen (secondary N) is 1. The minimum atomic E-state index is -0.433. The van der Waals surface area contributed by atoms with Gasteiger partial charge in [0.2, 0.25) is 5.91 Å². The summed E-state index contributed by atoms with van der Waals surface area (Å²) in [5.74, 6) is 0.163. The number of nitrogens with zero attached hydrogens (tertiary/aromatic N) is 2. The lowest BCUT2D eigenvalue weighted by Crippen LogP contribution is -2.15. The summed E-state index contributed by atoms with van der Waals surface area (Å²) in [6, 6.07) is 6.69. The van der Waals surface area contributed by atoms with Crippen LogP contribution in [0.4, 0.5) is 5.69 Å². The zero-order valence-electron chi connectivity index (χ0n) is 15.8. The van der Waals surface area contributed by atoms with Gasteiger partial charge in [-0.1, -0.05) is 31.7 Å².